The van der Waals surface area contributed by atoms with Gasteiger partial charge in [-0.05, 0) is 53.9 Å². The molecule has 2 amide bonds. The fraction of sp³-hybridized carbons (Fsp3) is 0.208. The molecule has 0 bridgehead atoms. The monoisotopic (exact) mass is 496 g/mol. The normalized spacial score (nSPS) is 15.1. The molecule has 0 spiro atoms. The maximum Gasteiger partial charge on any atom is 0.329 e. The van der Waals surface area contributed by atoms with Crippen molar-refractivity contribution in [1.29, 1.82) is 0 Å². The quantitative estimate of drug-likeness (QED) is 0.537. The molecule has 2 heterocycles. The zero-order valence-electron chi connectivity index (χ0n) is 17.3. The van der Waals surface area contributed by atoms with Gasteiger partial charge in [-0.25, -0.2) is 4.79 Å². The molecule has 32 heavy (non-hydrogen) atoms. The Morgan fingerprint density at radius 3 is 2.62 bits per heavy atom. The number of fused-ring (bicyclic) bond motifs is 1. The molecule has 1 aromatic heterocycles. The van der Waals surface area contributed by atoms with Crippen LogP contribution in [0.3, 0.4) is 0 Å². The van der Waals surface area contributed by atoms with Crippen molar-refractivity contribution in [2.24, 2.45) is 0 Å². The average molecular weight is 497 g/mol. The molecule has 3 aromatic rings. The van der Waals surface area contributed by atoms with Crippen LogP contribution in [-0.2, 0) is 27.3 Å². The van der Waals surface area contributed by atoms with Gasteiger partial charge in [-0.1, -0.05) is 40.2 Å². The van der Waals surface area contributed by atoms with Crippen LogP contribution in [0, 0.1) is 6.92 Å². The molecule has 164 valence electrons. The van der Waals surface area contributed by atoms with Crippen LogP contribution in [0.15, 0.2) is 69.8 Å². The maximum atomic E-state index is 13.0. The minimum absolute atomic E-state index is 0.144. The summed E-state index contributed by atoms with van der Waals surface area (Å²) in [6.07, 6.45) is 1.71. The van der Waals surface area contributed by atoms with Crippen LogP contribution in [0.4, 0.5) is 5.69 Å². The van der Waals surface area contributed by atoms with Crippen molar-refractivity contribution >= 4 is 39.4 Å². The molecule has 0 radical (unpaired) electrons. The van der Waals surface area contributed by atoms with Gasteiger partial charge in [0.15, 0.2) is 12.4 Å². The summed E-state index contributed by atoms with van der Waals surface area (Å²) in [6.45, 7) is 1.67. The van der Waals surface area contributed by atoms with E-state index >= 15 is 0 Å². The van der Waals surface area contributed by atoms with E-state index in [1.54, 1.807) is 18.2 Å². The second kappa shape index (κ2) is 9.40. The number of nitrogens with zero attached hydrogens (tertiary/aromatic N) is 1. The SMILES string of the molecule is Cc1cc(Br)ccc1NC(=O)COC(=O)[C@@H]1Cc2ccccc2CN1C(=O)c1ccco1. The Balaban J connectivity index is 1.46. The van der Waals surface area contributed by atoms with E-state index in [4.69, 9.17) is 9.15 Å². The van der Waals surface area contributed by atoms with Gasteiger partial charge in [0.25, 0.3) is 11.8 Å². The zero-order valence-corrected chi connectivity index (χ0v) is 18.9. The maximum absolute atomic E-state index is 13.0. The van der Waals surface area contributed by atoms with E-state index in [-0.39, 0.29) is 12.3 Å². The second-order valence-electron chi connectivity index (χ2n) is 7.51. The van der Waals surface area contributed by atoms with Crippen LogP contribution >= 0.6 is 15.9 Å². The molecule has 2 aromatic carbocycles. The van der Waals surface area contributed by atoms with Crippen molar-refractivity contribution in [3.8, 4) is 0 Å². The Morgan fingerprint density at radius 2 is 1.91 bits per heavy atom. The van der Waals surface area contributed by atoms with Gasteiger partial charge in [-0.2, -0.15) is 0 Å². The van der Waals surface area contributed by atoms with Gasteiger partial charge < -0.3 is 19.4 Å². The summed E-state index contributed by atoms with van der Waals surface area (Å²) in [6, 6.07) is 15.4. The Kier molecular flexibility index (Phi) is 6.41. The fourth-order valence-corrected chi connectivity index (χ4v) is 4.15. The van der Waals surface area contributed by atoms with E-state index in [1.807, 2.05) is 43.3 Å². The summed E-state index contributed by atoms with van der Waals surface area (Å²) < 4.78 is 11.4. The van der Waals surface area contributed by atoms with Gasteiger partial charge in [-0.3, -0.25) is 9.59 Å². The fourth-order valence-electron chi connectivity index (χ4n) is 3.68. The topological polar surface area (TPSA) is 88.9 Å². The number of esters is 1. The van der Waals surface area contributed by atoms with Gasteiger partial charge in [0.05, 0.1) is 6.26 Å². The molecule has 7 nitrogen and oxygen atoms in total. The first-order valence-electron chi connectivity index (χ1n) is 10.1. The molecular weight excluding hydrogens is 476 g/mol. The molecule has 0 saturated carbocycles. The van der Waals surface area contributed by atoms with Gasteiger partial charge in [0.2, 0.25) is 0 Å². The summed E-state index contributed by atoms with van der Waals surface area (Å²) in [5.74, 6) is -1.35. The number of hydrogen-bond donors (Lipinski definition) is 1. The van der Waals surface area contributed by atoms with E-state index in [0.29, 0.717) is 12.1 Å². The van der Waals surface area contributed by atoms with Crippen LogP contribution in [0.1, 0.15) is 27.2 Å². The molecule has 0 saturated heterocycles. The third kappa shape index (κ3) is 4.75. The summed E-state index contributed by atoms with van der Waals surface area (Å²) in [5, 5.41) is 2.74. The predicted octanol–water partition coefficient (Wildman–Crippen LogP) is 4.10. The van der Waals surface area contributed by atoms with Crippen LogP contribution < -0.4 is 5.32 Å². The van der Waals surface area contributed by atoms with Gasteiger partial charge in [0, 0.05) is 23.1 Å². The van der Waals surface area contributed by atoms with E-state index in [1.165, 1.54) is 11.2 Å². The van der Waals surface area contributed by atoms with Crippen molar-refractivity contribution in [2.75, 3.05) is 11.9 Å². The number of aryl methyl sites for hydroxylation is 1. The largest absolute Gasteiger partial charge is 0.459 e. The average Bonchev–Trinajstić information content (AvgIpc) is 3.33. The summed E-state index contributed by atoms with van der Waals surface area (Å²) >= 11 is 3.38. The van der Waals surface area contributed by atoms with Crippen LogP contribution in [0.2, 0.25) is 0 Å². The molecule has 0 fully saturated rings. The molecular formula is C24H21BrN2O5. The van der Waals surface area contributed by atoms with Crippen LogP contribution in [0.25, 0.3) is 0 Å². The summed E-state index contributed by atoms with van der Waals surface area (Å²) in [4.78, 5) is 39.7. The lowest BCUT2D eigenvalue weighted by Gasteiger charge is -2.34. The van der Waals surface area contributed by atoms with E-state index < -0.39 is 30.4 Å². The highest BCUT2D eigenvalue weighted by molar-refractivity contribution is 9.10. The lowest BCUT2D eigenvalue weighted by Crippen LogP contribution is -2.49. The van der Waals surface area contributed by atoms with Crippen LogP contribution in [-0.4, -0.2) is 35.3 Å². The number of amides is 2. The number of carbonyl (C=O) groups is 3. The molecule has 0 aliphatic carbocycles. The molecule has 0 unspecified atom stereocenters. The van der Waals surface area contributed by atoms with E-state index in [9.17, 15) is 14.4 Å². The first-order chi connectivity index (χ1) is 15.4. The minimum atomic E-state index is -0.857. The number of benzene rings is 2. The van der Waals surface area contributed by atoms with Crippen LogP contribution in [0.5, 0.6) is 0 Å². The zero-order chi connectivity index (χ0) is 22.7. The van der Waals surface area contributed by atoms with Crippen molar-refractivity contribution in [1.82, 2.24) is 4.90 Å². The highest BCUT2D eigenvalue weighted by Crippen LogP contribution is 2.26. The van der Waals surface area contributed by atoms with E-state index in [0.717, 1.165) is 21.2 Å². The standard InChI is InChI=1S/C24H21BrN2O5/c1-15-11-18(25)8-9-19(15)26-22(28)14-32-24(30)20-12-16-5-2-3-6-17(16)13-27(20)23(29)21-7-4-10-31-21/h2-11,20H,12-14H2,1H3,(H,26,28)/t20-/m0/s1. The van der Waals surface area contributed by atoms with Crippen molar-refractivity contribution < 1.29 is 23.5 Å². The Morgan fingerprint density at radius 1 is 1.12 bits per heavy atom. The van der Waals surface area contributed by atoms with E-state index in [2.05, 4.69) is 21.2 Å². The molecule has 1 N–H and O–H groups in total. The number of nitrogens with one attached hydrogen (secondary N) is 1. The lowest BCUT2D eigenvalue weighted by molar-refractivity contribution is -0.152. The highest BCUT2D eigenvalue weighted by Gasteiger charge is 2.37. The van der Waals surface area contributed by atoms with Gasteiger partial charge >= 0.3 is 5.97 Å². The van der Waals surface area contributed by atoms with Crippen molar-refractivity contribution in [3.63, 3.8) is 0 Å². The number of anilines is 1. The van der Waals surface area contributed by atoms with Crippen molar-refractivity contribution in [3.05, 3.63) is 87.8 Å². The number of hydrogen-bond acceptors (Lipinski definition) is 5. The summed E-state index contributed by atoms with van der Waals surface area (Å²) in [7, 11) is 0. The lowest BCUT2D eigenvalue weighted by atomic mass is 9.93. The first-order valence-corrected chi connectivity index (χ1v) is 10.9. The Hall–Kier alpha value is -3.39. The highest BCUT2D eigenvalue weighted by atomic mass is 79.9. The second-order valence-corrected chi connectivity index (χ2v) is 8.43. The van der Waals surface area contributed by atoms with Crippen molar-refractivity contribution in [2.45, 2.75) is 25.9 Å². The molecule has 1 aliphatic heterocycles. The first kappa shape index (κ1) is 21.8. The third-order valence-electron chi connectivity index (χ3n) is 5.32. The Bertz CT molecular complexity index is 1160. The molecule has 1 aliphatic rings. The number of ether oxygens (including phenoxy) is 1. The Labute approximate surface area is 193 Å². The smallest absolute Gasteiger partial charge is 0.329 e. The third-order valence-corrected chi connectivity index (χ3v) is 5.81. The number of halogens is 1. The molecule has 8 heteroatoms. The number of carbonyl (C=O) groups excluding carboxylic acids is 3. The number of furan rings is 1. The van der Waals surface area contributed by atoms with Gasteiger partial charge in [-0.15, -0.1) is 0 Å². The number of rotatable bonds is 5. The predicted molar refractivity (Wildman–Crippen MR) is 121 cm³/mol. The molecule has 1 atom stereocenters. The van der Waals surface area contributed by atoms with Gasteiger partial charge in [0.1, 0.15) is 6.04 Å². The summed E-state index contributed by atoms with van der Waals surface area (Å²) in [5.41, 5.74) is 3.43. The molecule has 4 rings (SSSR count). The minimum Gasteiger partial charge on any atom is -0.459 e.